The summed E-state index contributed by atoms with van der Waals surface area (Å²) in [7, 11) is 1.55. The summed E-state index contributed by atoms with van der Waals surface area (Å²) in [5.41, 5.74) is 1.45. The lowest BCUT2D eigenvalue weighted by Gasteiger charge is -2.08. The third-order valence-electron chi connectivity index (χ3n) is 2.33. The van der Waals surface area contributed by atoms with Crippen LogP contribution in [0.3, 0.4) is 0 Å². The first-order chi connectivity index (χ1) is 7.72. The van der Waals surface area contributed by atoms with Crippen molar-refractivity contribution in [3.8, 4) is 11.4 Å². The molecule has 0 aliphatic rings. The number of hydrogen-bond acceptors (Lipinski definition) is 3. The monoisotopic (exact) mass is 216 g/mol. The molecule has 0 radical (unpaired) electrons. The maximum atomic E-state index is 11.3. The molecular weight excluding hydrogens is 204 g/mol. The van der Waals surface area contributed by atoms with Crippen molar-refractivity contribution in [1.82, 2.24) is 9.78 Å². The third-order valence-corrected chi connectivity index (χ3v) is 2.33. The summed E-state index contributed by atoms with van der Waals surface area (Å²) in [6.45, 7) is 1.52. The Morgan fingerprint density at radius 3 is 2.81 bits per heavy atom. The van der Waals surface area contributed by atoms with Crippen LogP contribution >= 0.6 is 0 Å². The van der Waals surface area contributed by atoms with Crippen molar-refractivity contribution >= 4 is 5.78 Å². The Morgan fingerprint density at radius 1 is 1.44 bits per heavy atom. The first kappa shape index (κ1) is 10.4. The van der Waals surface area contributed by atoms with Crippen molar-refractivity contribution in [1.29, 1.82) is 0 Å². The smallest absolute Gasteiger partial charge is 0.163 e. The fraction of sp³-hybridized carbons (Fsp3) is 0.167. The number of benzene rings is 1. The van der Waals surface area contributed by atoms with E-state index in [1.165, 1.54) is 6.92 Å². The SMILES string of the molecule is COc1cc(-n2cccn2)ccc1C(C)=O. The predicted molar refractivity (Wildman–Crippen MR) is 60.1 cm³/mol. The molecule has 0 N–H and O–H groups in total. The van der Waals surface area contributed by atoms with Crippen LogP contribution in [0.4, 0.5) is 0 Å². The molecule has 0 saturated carbocycles. The zero-order valence-corrected chi connectivity index (χ0v) is 9.18. The molecular formula is C12H12N2O2. The van der Waals surface area contributed by atoms with E-state index in [-0.39, 0.29) is 5.78 Å². The zero-order chi connectivity index (χ0) is 11.5. The number of ketones is 1. The third kappa shape index (κ3) is 1.82. The molecule has 1 aromatic heterocycles. The second-order valence-electron chi connectivity index (χ2n) is 3.39. The van der Waals surface area contributed by atoms with E-state index >= 15 is 0 Å². The first-order valence-electron chi connectivity index (χ1n) is 4.91. The summed E-state index contributed by atoms with van der Waals surface area (Å²) < 4.78 is 6.90. The fourth-order valence-electron chi connectivity index (χ4n) is 1.53. The molecule has 0 saturated heterocycles. The summed E-state index contributed by atoms with van der Waals surface area (Å²) in [5, 5.41) is 4.11. The van der Waals surface area contributed by atoms with Crippen LogP contribution in [-0.4, -0.2) is 22.7 Å². The number of ether oxygens (including phenoxy) is 1. The van der Waals surface area contributed by atoms with E-state index in [9.17, 15) is 4.79 Å². The molecule has 0 aliphatic carbocycles. The molecule has 0 fully saturated rings. The lowest BCUT2D eigenvalue weighted by Crippen LogP contribution is -2.00. The number of aromatic nitrogens is 2. The van der Waals surface area contributed by atoms with Crippen molar-refractivity contribution in [3.63, 3.8) is 0 Å². The number of rotatable bonds is 3. The molecule has 0 bridgehead atoms. The van der Waals surface area contributed by atoms with Crippen LogP contribution in [0.1, 0.15) is 17.3 Å². The van der Waals surface area contributed by atoms with Crippen LogP contribution < -0.4 is 4.74 Å². The Labute approximate surface area is 93.5 Å². The Kier molecular flexibility index (Phi) is 2.72. The number of methoxy groups -OCH3 is 1. The lowest BCUT2D eigenvalue weighted by molar-refractivity contribution is 0.101. The average Bonchev–Trinajstić information content (AvgIpc) is 2.81. The Hall–Kier alpha value is -2.10. The Balaban J connectivity index is 2.49. The number of carbonyl (C=O) groups is 1. The summed E-state index contributed by atoms with van der Waals surface area (Å²) >= 11 is 0. The van der Waals surface area contributed by atoms with Crippen LogP contribution in [0.15, 0.2) is 36.7 Å². The fourth-order valence-corrected chi connectivity index (χ4v) is 1.53. The van der Waals surface area contributed by atoms with E-state index in [2.05, 4.69) is 5.10 Å². The van der Waals surface area contributed by atoms with Gasteiger partial charge >= 0.3 is 0 Å². The van der Waals surface area contributed by atoms with Gasteiger partial charge < -0.3 is 4.74 Å². The molecule has 1 aromatic carbocycles. The summed E-state index contributed by atoms with van der Waals surface area (Å²) in [4.78, 5) is 11.3. The molecule has 4 nitrogen and oxygen atoms in total. The topological polar surface area (TPSA) is 44.1 Å². The van der Waals surface area contributed by atoms with Gasteiger partial charge in [-0.1, -0.05) is 0 Å². The van der Waals surface area contributed by atoms with Crippen LogP contribution in [0.25, 0.3) is 5.69 Å². The quantitative estimate of drug-likeness (QED) is 0.738. The summed E-state index contributed by atoms with van der Waals surface area (Å²) in [5.74, 6) is 0.560. The van der Waals surface area contributed by atoms with E-state index in [1.807, 2.05) is 18.3 Å². The maximum absolute atomic E-state index is 11.3. The van der Waals surface area contributed by atoms with E-state index in [1.54, 1.807) is 30.1 Å². The van der Waals surface area contributed by atoms with Gasteiger partial charge in [0.05, 0.1) is 18.4 Å². The van der Waals surface area contributed by atoms with E-state index < -0.39 is 0 Å². The van der Waals surface area contributed by atoms with Gasteiger partial charge in [0.1, 0.15) is 5.75 Å². The van der Waals surface area contributed by atoms with Gasteiger partial charge in [-0.25, -0.2) is 4.68 Å². The van der Waals surface area contributed by atoms with Crippen molar-refractivity contribution in [2.45, 2.75) is 6.92 Å². The van der Waals surface area contributed by atoms with Crippen LogP contribution in [-0.2, 0) is 0 Å². The molecule has 0 atom stereocenters. The normalized spacial score (nSPS) is 10.1. The number of nitrogens with zero attached hydrogens (tertiary/aromatic N) is 2. The molecule has 82 valence electrons. The molecule has 4 heteroatoms. The first-order valence-corrected chi connectivity index (χ1v) is 4.91. The van der Waals surface area contributed by atoms with Gasteiger partial charge in [0.2, 0.25) is 0 Å². The number of hydrogen-bond donors (Lipinski definition) is 0. The zero-order valence-electron chi connectivity index (χ0n) is 9.18. The van der Waals surface area contributed by atoms with E-state index in [0.29, 0.717) is 11.3 Å². The Morgan fingerprint density at radius 2 is 2.25 bits per heavy atom. The molecule has 1 heterocycles. The predicted octanol–water partition coefficient (Wildman–Crippen LogP) is 2.08. The molecule has 0 amide bonds. The highest BCUT2D eigenvalue weighted by Crippen LogP contribution is 2.22. The highest BCUT2D eigenvalue weighted by molar-refractivity contribution is 5.97. The summed E-state index contributed by atoms with van der Waals surface area (Å²) in [6.07, 6.45) is 3.54. The highest BCUT2D eigenvalue weighted by Gasteiger charge is 2.09. The molecule has 2 aromatic rings. The van der Waals surface area contributed by atoms with E-state index in [0.717, 1.165) is 5.69 Å². The molecule has 0 spiro atoms. The minimum atomic E-state index is -0.0103. The number of Topliss-reactive ketones (excluding diaryl/α,β-unsaturated/α-hetero) is 1. The largest absolute Gasteiger partial charge is 0.496 e. The van der Waals surface area contributed by atoms with Gasteiger partial charge in [-0.2, -0.15) is 5.10 Å². The number of carbonyl (C=O) groups excluding carboxylic acids is 1. The second-order valence-corrected chi connectivity index (χ2v) is 3.39. The maximum Gasteiger partial charge on any atom is 0.163 e. The Bertz CT molecular complexity index is 504. The van der Waals surface area contributed by atoms with Crippen molar-refractivity contribution in [3.05, 3.63) is 42.2 Å². The van der Waals surface area contributed by atoms with E-state index in [4.69, 9.17) is 4.74 Å². The van der Waals surface area contributed by atoms with Gasteiger partial charge in [0.25, 0.3) is 0 Å². The van der Waals surface area contributed by atoms with Crippen molar-refractivity contribution in [2.75, 3.05) is 7.11 Å². The van der Waals surface area contributed by atoms with Gasteiger partial charge in [-0.05, 0) is 25.1 Å². The van der Waals surface area contributed by atoms with Crippen LogP contribution in [0.2, 0.25) is 0 Å². The van der Waals surface area contributed by atoms with Crippen molar-refractivity contribution < 1.29 is 9.53 Å². The lowest BCUT2D eigenvalue weighted by atomic mass is 10.1. The van der Waals surface area contributed by atoms with Gasteiger partial charge in [0.15, 0.2) is 5.78 Å². The van der Waals surface area contributed by atoms with Crippen LogP contribution in [0.5, 0.6) is 5.75 Å². The highest BCUT2D eigenvalue weighted by atomic mass is 16.5. The van der Waals surface area contributed by atoms with Gasteiger partial charge in [-0.3, -0.25) is 4.79 Å². The second kappa shape index (κ2) is 4.18. The standard InChI is InChI=1S/C12H12N2O2/c1-9(15)11-5-4-10(8-12(11)16-2)14-7-3-6-13-14/h3-8H,1-2H3. The molecule has 16 heavy (non-hydrogen) atoms. The van der Waals surface area contributed by atoms with Crippen molar-refractivity contribution in [2.24, 2.45) is 0 Å². The minimum absolute atomic E-state index is 0.0103. The van der Waals surface area contributed by atoms with Gasteiger partial charge in [0, 0.05) is 18.5 Å². The average molecular weight is 216 g/mol. The van der Waals surface area contributed by atoms with Crippen LogP contribution in [0, 0.1) is 0 Å². The molecule has 0 aliphatic heterocycles. The summed E-state index contributed by atoms with van der Waals surface area (Å²) in [6, 6.07) is 7.22. The molecule has 0 unspecified atom stereocenters. The minimum Gasteiger partial charge on any atom is -0.496 e. The molecule has 2 rings (SSSR count). The van der Waals surface area contributed by atoms with Gasteiger partial charge in [-0.15, -0.1) is 0 Å².